The number of hydrogen-bond acceptors (Lipinski definition) is 7. The molecule has 23 heavy (non-hydrogen) atoms. The Balaban J connectivity index is 1.45. The molecule has 1 aromatic carbocycles. The highest BCUT2D eigenvalue weighted by molar-refractivity contribution is 7.18. The normalized spacial score (nSPS) is 11.0. The summed E-state index contributed by atoms with van der Waals surface area (Å²) in [6, 6.07) is 9.85. The highest BCUT2D eigenvalue weighted by Crippen LogP contribution is 2.26. The maximum Gasteiger partial charge on any atom is 0.358 e. The van der Waals surface area contributed by atoms with Gasteiger partial charge < -0.3 is 4.74 Å². The summed E-state index contributed by atoms with van der Waals surface area (Å²) in [6.45, 7) is 0.170. The zero-order valence-electron chi connectivity index (χ0n) is 11.8. The number of thiophene rings is 1. The minimum Gasteiger partial charge on any atom is -0.454 e. The Labute approximate surface area is 144 Å². The van der Waals surface area contributed by atoms with Gasteiger partial charge in [0.1, 0.15) is 16.6 Å². The second kappa shape index (κ2) is 6.19. The van der Waals surface area contributed by atoms with Gasteiger partial charge in [-0.05, 0) is 23.6 Å². The molecule has 0 atom stereocenters. The van der Waals surface area contributed by atoms with E-state index in [0.717, 1.165) is 25.8 Å². The largest absolute Gasteiger partial charge is 0.454 e. The number of para-hydroxylation sites is 1. The molecule has 0 spiro atoms. The van der Waals surface area contributed by atoms with Crippen LogP contribution in [0.1, 0.15) is 15.5 Å². The Kier molecular flexibility index (Phi) is 3.90. The van der Waals surface area contributed by atoms with Crippen LogP contribution < -0.4 is 0 Å². The lowest BCUT2D eigenvalue weighted by molar-refractivity contribution is 0.0466. The lowest BCUT2D eigenvalue weighted by atomic mass is 10.3. The molecule has 4 nitrogen and oxygen atoms in total. The van der Waals surface area contributed by atoms with Gasteiger partial charge in [0.2, 0.25) is 0 Å². The van der Waals surface area contributed by atoms with Crippen molar-refractivity contribution in [1.82, 2.24) is 9.97 Å². The summed E-state index contributed by atoms with van der Waals surface area (Å²) in [5, 5.41) is 7.34. The number of carbonyl (C=O) groups is 1. The highest BCUT2D eigenvalue weighted by atomic mass is 32.1. The summed E-state index contributed by atoms with van der Waals surface area (Å²) >= 11 is 4.58. The fraction of sp³-hybridized carbons (Fsp3) is 0.0625. The number of rotatable bonds is 4. The van der Waals surface area contributed by atoms with Crippen molar-refractivity contribution in [3.63, 3.8) is 0 Å². The number of benzene rings is 1. The smallest absolute Gasteiger partial charge is 0.358 e. The molecule has 3 heterocycles. The van der Waals surface area contributed by atoms with Crippen molar-refractivity contribution in [3.05, 3.63) is 57.2 Å². The van der Waals surface area contributed by atoms with Crippen molar-refractivity contribution in [3.8, 4) is 10.6 Å². The lowest BCUT2D eigenvalue weighted by Crippen LogP contribution is -2.05. The first-order valence-electron chi connectivity index (χ1n) is 6.79. The molecule has 0 fully saturated rings. The number of carbonyl (C=O) groups excluding carboxylic acids is 1. The van der Waals surface area contributed by atoms with Crippen LogP contribution in [0.3, 0.4) is 0 Å². The van der Waals surface area contributed by atoms with Gasteiger partial charge in [0.25, 0.3) is 0 Å². The van der Waals surface area contributed by atoms with Crippen LogP contribution in [0.4, 0.5) is 0 Å². The first-order chi connectivity index (χ1) is 11.3. The van der Waals surface area contributed by atoms with Crippen molar-refractivity contribution < 1.29 is 9.53 Å². The standard InChI is InChI=1S/C16H10N2O2S3/c19-16(12-9-22-15(18-12)10-5-6-21-8-10)20-7-14-17-11-3-1-2-4-13(11)23-14/h1-6,8-9H,7H2. The third-order valence-corrected chi connectivity index (χ3v) is 5.73. The molecule has 0 saturated heterocycles. The molecular weight excluding hydrogens is 348 g/mol. The molecule has 0 saturated carbocycles. The molecule has 0 aliphatic carbocycles. The van der Waals surface area contributed by atoms with Crippen LogP contribution in [0.2, 0.25) is 0 Å². The first kappa shape index (κ1) is 14.5. The monoisotopic (exact) mass is 358 g/mol. The second-order valence-corrected chi connectivity index (χ2v) is 7.45. The number of aromatic nitrogens is 2. The van der Waals surface area contributed by atoms with Crippen LogP contribution in [-0.4, -0.2) is 15.9 Å². The maximum atomic E-state index is 12.1. The van der Waals surface area contributed by atoms with Gasteiger partial charge in [-0.1, -0.05) is 12.1 Å². The molecule has 0 aliphatic heterocycles. The Morgan fingerprint density at radius 2 is 2.04 bits per heavy atom. The number of fused-ring (bicyclic) bond motifs is 1. The predicted molar refractivity (Wildman–Crippen MR) is 94.2 cm³/mol. The summed E-state index contributed by atoms with van der Waals surface area (Å²) in [7, 11) is 0. The van der Waals surface area contributed by atoms with Crippen molar-refractivity contribution in [1.29, 1.82) is 0 Å². The molecule has 0 radical (unpaired) electrons. The summed E-state index contributed by atoms with van der Waals surface area (Å²) < 4.78 is 6.42. The van der Waals surface area contributed by atoms with Gasteiger partial charge in [0.05, 0.1) is 10.2 Å². The van der Waals surface area contributed by atoms with Crippen LogP contribution >= 0.6 is 34.0 Å². The summed E-state index contributed by atoms with van der Waals surface area (Å²) in [6.07, 6.45) is 0. The van der Waals surface area contributed by atoms with Crippen LogP contribution in [0.25, 0.3) is 20.8 Å². The average molecular weight is 358 g/mol. The number of hydrogen-bond donors (Lipinski definition) is 0. The average Bonchev–Trinajstić information content (AvgIpc) is 3.31. The van der Waals surface area contributed by atoms with E-state index in [-0.39, 0.29) is 6.61 Å². The Morgan fingerprint density at radius 1 is 1.13 bits per heavy atom. The molecule has 3 aromatic heterocycles. The number of ether oxygens (including phenoxy) is 1. The molecule has 4 aromatic rings. The Morgan fingerprint density at radius 3 is 2.87 bits per heavy atom. The maximum absolute atomic E-state index is 12.1. The fourth-order valence-electron chi connectivity index (χ4n) is 2.07. The van der Waals surface area contributed by atoms with Crippen molar-refractivity contribution in [2.45, 2.75) is 6.61 Å². The van der Waals surface area contributed by atoms with E-state index < -0.39 is 5.97 Å². The molecule has 114 valence electrons. The minimum atomic E-state index is -0.415. The minimum absolute atomic E-state index is 0.170. The summed E-state index contributed by atoms with van der Waals surface area (Å²) in [4.78, 5) is 20.9. The Hall–Kier alpha value is -2.09. The molecule has 0 bridgehead atoms. The van der Waals surface area contributed by atoms with E-state index in [9.17, 15) is 4.79 Å². The molecule has 0 amide bonds. The van der Waals surface area contributed by atoms with Gasteiger partial charge in [0.15, 0.2) is 5.69 Å². The van der Waals surface area contributed by atoms with Gasteiger partial charge in [-0.15, -0.1) is 22.7 Å². The zero-order chi connectivity index (χ0) is 15.6. The van der Waals surface area contributed by atoms with Crippen LogP contribution in [0, 0.1) is 0 Å². The first-order valence-corrected chi connectivity index (χ1v) is 9.43. The van der Waals surface area contributed by atoms with E-state index in [0.29, 0.717) is 5.69 Å². The summed E-state index contributed by atoms with van der Waals surface area (Å²) in [5.41, 5.74) is 2.31. The third kappa shape index (κ3) is 3.03. The topological polar surface area (TPSA) is 52.1 Å². The number of thiazole rings is 2. The number of nitrogens with zero attached hydrogens (tertiary/aromatic N) is 2. The Bertz CT molecular complexity index is 924. The van der Waals surface area contributed by atoms with Crippen molar-refractivity contribution in [2.24, 2.45) is 0 Å². The van der Waals surface area contributed by atoms with E-state index >= 15 is 0 Å². The SMILES string of the molecule is O=C(OCc1nc2ccccc2s1)c1csc(-c2ccsc2)n1. The van der Waals surface area contributed by atoms with E-state index in [1.807, 2.05) is 41.1 Å². The number of esters is 1. The molecular formula is C16H10N2O2S3. The van der Waals surface area contributed by atoms with Crippen LogP contribution in [0.15, 0.2) is 46.5 Å². The predicted octanol–water partition coefficient (Wildman–Crippen LogP) is 4.84. The van der Waals surface area contributed by atoms with E-state index in [2.05, 4.69) is 9.97 Å². The quantitative estimate of drug-likeness (QED) is 0.490. The lowest BCUT2D eigenvalue weighted by Gasteiger charge is -1.99. The van der Waals surface area contributed by atoms with Crippen molar-refractivity contribution >= 4 is 50.2 Å². The van der Waals surface area contributed by atoms with Gasteiger partial charge >= 0.3 is 5.97 Å². The van der Waals surface area contributed by atoms with E-state index in [1.165, 1.54) is 22.7 Å². The molecule has 0 N–H and O–H groups in total. The molecule has 7 heteroatoms. The molecule has 0 aliphatic rings. The molecule has 4 rings (SSSR count). The fourth-order valence-corrected chi connectivity index (χ4v) is 4.45. The molecule has 0 unspecified atom stereocenters. The zero-order valence-corrected chi connectivity index (χ0v) is 14.2. The van der Waals surface area contributed by atoms with Gasteiger partial charge in [0, 0.05) is 16.3 Å². The van der Waals surface area contributed by atoms with Crippen LogP contribution in [0.5, 0.6) is 0 Å². The highest BCUT2D eigenvalue weighted by Gasteiger charge is 2.14. The van der Waals surface area contributed by atoms with Crippen molar-refractivity contribution in [2.75, 3.05) is 0 Å². The third-order valence-electron chi connectivity index (χ3n) is 3.15. The van der Waals surface area contributed by atoms with Gasteiger partial charge in [-0.3, -0.25) is 0 Å². The van der Waals surface area contributed by atoms with Gasteiger partial charge in [-0.25, -0.2) is 14.8 Å². The van der Waals surface area contributed by atoms with Crippen LogP contribution in [-0.2, 0) is 11.3 Å². The van der Waals surface area contributed by atoms with E-state index in [4.69, 9.17) is 4.74 Å². The van der Waals surface area contributed by atoms with E-state index in [1.54, 1.807) is 16.7 Å². The summed E-state index contributed by atoms with van der Waals surface area (Å²) in [5.74, 6) is -0.415. The second-order valence-electron chi connectivity index (χ2n) is 4.70. The van der Waals surface area contributed by atoms with Gasteiger partial charge in [-0.2, -0.15) is 11.3 Å².